The van der Waals surface area contributed by atoms with E-state index in [1.807, 2.05) is 0 Å². The van der Waals surface area contributed by atoms with Crippen LogP contribution >= 0.6 is 0 Å². The van der Waals surface area contributed by atoms with E-state index in [0.717, 1.165) is 0 Å². The van der Waals surface area contributed by atoms with Crippen LogP contribution in [0.3, 0.4) is 0 Å². The van der Waals surface area contributed by atoms with Crippen molar-refractivity contribution in [2.24, 2.45) is 0 Å². The Hall–Kier alpha value is -2.43. The van der Waals surface area contributed by atoms with Crippen LogP contribution < -0.4 is 15.1 Å². The van der Waals surface area contributed by atoms with Crippen molar-refractivity contribution in [2.75, 3.05) is 47.5 Å². The van der Waals surface area contributed by atoms with Crippen LogP contribution in [0.4, 0.5) is 20.7 Å². The number of pyridine rings is 1. The van der Waals surface area contributed by atoms with Gasteiger partial charge < -0.3 is 15.0 Å². The lowest BCUT2D eigenvalue weighted by Crippen LogP contribution is -2.41. The minimum Gasteiger partial charge on any atom is -0.442 e. The molecule has 0 saturated carbocycles. The first kappa shape index (κ1) is 18.4. The van der Waals surface area contributed by atoms with Gasteiger partial charge in [0.2, 0.25) is 5.91 Å². The highest BCUT2D eigenvalue weighted by Gasteiger charge is 2.33. The number of nitrogens with zero attached hydrogens (tertiary/aromatic N) is 3. The van der Waals surface area contributed by atoms with Crippen LogP contribution in [-0.2, 0) is 19.4 Å². The summed E-state index contributed by atoms with van der Waals surface area (Å²) in [6, 6.07) is 1.17. The molecule has 0 spiro atoms. The van der Waals surface area contributed by atoms with E-state index < -0.39 is 27.9 Å². The number of rotatable bonds is 4. The first-order valence-electron chi connectivity index (χ1n) is 8.09. The summed E-state index contributed by atoms with van der Waals surface area (Å²) in [5, 5.41) is 2.56. The van der Waals surface area contributed by atoms with E-state index in [0.29, 0.717) is 0 Å². The van der Waals surface area contributed by atoms with E-state index in [-0.39, 0.29) is 55.1 Å². The summed E-state index contributed by atoms with van der Waals surface area (Å²) in [5.74, 6) is -0.899. The van der Waals surface area contributed by atoms with Crippen LogP contribution in [0.2, 0.25) is 0 Å². The minimum atomic E-state index is -3.07. The third-order valence-electron chi connectivity index (χ3n) is 4.22. The number of hydrogen-bond donors (Lipinski definition) is 1. The van der Waals surface area contributed by atoms with E-state index in [4.69, 9.17) is 4.74 Å². The average molecular weight is 386 g/mol. The van der Waals surface area contributed by atoms with Crippen molar-refractivity contribution in [1.29, 1.82) is 0 Å². The van der Waals surface area contributed by atoms with E-state index in [9.17, 15) is 22.4 Å². The number of amides is 2. The molecule has 1 atom stereocenters. The summed E-state index contributed by atoms with van der Waals surface area (Å²) in [6.07, 6.45) is 0.184. The van der Waals surface area contributed by atoms with Gasteiger partial charge in [-0.15, -0.1) is 0 Å². The van der Waals surface area contributed by atoms with Gasteiger partial charge in [-0.05, 0) is 0 Å². The third-order valence-corrected chi connectivity index (χ3v) is 5.82. The highest BCUT2D eigenvalue weighted by atomic mass is 32.2. The maximum Gasteiger partial charge on any atom is 0.414 e. The molecule has 26 heavy (non-hydrogen) atoms. The number of carbonyl (C=O) groups is 2. The fourth-order valence-corrected chi connectivity index (χ4v) is 4.02. The number of sulfone groups is 1. The molecule has 2 fully saturated rings. The smallest absolute Gasteiger partial charge is 0.414 e. The van der Waals surface area contributed by atoms with Crippen molar-refractivity contribution in [3.8, 4) is 0 Å². The number of carbonyl (C=O) groups excluding carboxylic acids is 2. The van der Waals surface area contributed by atoms with Gasteiger partial charge in [0.25, 0.3) is 0 Å². The molecule has 0 aliphatic carbocycles. The standard InChI is InChI=1S/C15H19FN4O5S/c1-10(21)17-8-12-9-20(15(22)25-12)11-6-13(16)14(18-7-11)19-2-4-26(23,24)5-3-19/h6-7,12H,2-5,8-9H2,1H3,(H,17,21). The zero-order valence-electron chi connectivity index (χ0n) is 14.1. The molecule has 1 N–H and O–H groups in total. The van der Waals surface area contributed by atoms with Crippen LogP contribution in [-0.4, -0.2) is 69.2 Å². The summed E-state index contributed by atoms with van der Waals surface area (Å²) in [7, 11) is -3.07. The molecule has 142 valence electrons. The highest BCUT2D eigenvalue weighted by Crippen LogP contribution is 2.26. The molecular weight excluding hydrogens is 367 g/mol. The molecule has 0 bridgehead atoms. The SMILES string of the molecule is CC(=O)NCC1CN(c2cnc(N3CCS(=O)(=O)CC3)c(F)c2)C(=O)O1. The predicted molar refractivity (Wildman–Crippen MR) is 91.4 cm³/mol. The minimum absolute atomic E-state index is 0.0425. The van der Waals surface area contributed by atoms with Crippen molar-refractivity contribution in [2.45, 2.75) is 13.0 Å². The van der Waals surface area contributed by atoms with E-state index in [1.165, 1.54) is 24.1 Å². The molecule has 2 amide bonds. The number of aromatic nitrogens is 1. The molecule has 2 aliphatic rings. The Balaban J connectivity index is 1.69. The Morgan fingerprint density at radius 1 is 1.42 bits per heavy atom. The molecule has 1 unspecified atom stereocenters. The molecular formula is C15H19FN4O5S. The van der Waals surface area contributed by atoms with E-state index in [2.05, 4.69) is 10.3 Å². The van der Waals surface area contributed by atoms with E-state index in [1.54, 1.807) is 4.90 Å². The maximum absolute atomic E-state index is 14.5. The van der Waals surface area contributed by atoms with Gasteiger partial charge in [0.15, 0.2) is 21.5 Å². The molecule has 2 saturated heterocycles. The zero-order valence-corrected chi connectivity index (χ0v) is 15.0. The molecule has 1 aromatic rings. The highest BCUT2D eigenvalue weighted by molar-refractivity contribution is 7.91. The summed E-state index contributed by atoms with van der Waals surface area (Å²) in [4.78, 5) is 29.8. The topological polar surface area (TPSA) is 109 Å². The molecule has 11 heteroatoms. The first-order valence-corrected chi connectivity index (χ1v) is 9.91. The summed E-state index contributed by atoms with van der Waals surface area (Å²) < 4.78 is 42.6. The monoisotopic (exact) mass is 386 g/mol. The number of ether oxygens (including phenoxy) is 1. The second kappa shape index (κ2) is 7.06. The van der Waals surface area contributed by atoms with Crippen LogP contribution in [0.25, 0.3) is 0 Å². The summed E-state index contributed by atoms with van der Waals surface area (Å²) in [5.41, 5.74) is 0.242. The van der Waals surface area contributed by atoms with Crippen molar-refractivity contribution in [1.82, 2.24) is 10.3 Å². The normalized spacial score (nSPS) is 22.2. The molecule has 3 rings (SSSR count). The van der Waals surface area contributed by atoms with Gasteiger partial charge in [0.1, 0.15) is 6.10 Å². The Morgan fingerprint density at radius 2 is 2.12 bits per heavy atom. The Labute approximate surface area is 150 Å². The molecule has 2 aliphatic heterocycles. The second-order valence-corrected chi connectivity index (χ2v) is 8.49. The van der Waals surface area contributed by atoms with Gasteiger partial charge in [0.05, 0.1) is 36.5 Å². The molecule has 9 nitrogen and oxygen atoms in total. The number of nitrogens with one attached hydrogen (secondary N) is 1. The quantitative estimate of drug-likeness (QED) is 0.771. The van der Waals surface area contributed by atoms with Crippen LogP contribution in [0.5, 0.6) is 0 Å². The largest absolute Gasteiger partial charge is 0.442 e. The number of anilines is 2. The lowest BCUT2D eigenvalue weighted by molar-refractivity contribution is -0.119. The van der Waals surface area contributed by atoms with Gasteiger partial charge in [0, 0.05) is 26.1 Å². The Bertz CT molecular complexity index is 817. The van der Waals surface area contributed by atoms with Gasteiger partial charge in [-0.2, -0.15) is 0 Å². The third kappa shape index (κ3) is 4.03. The number of halogens is 1. The van der Waals surface area contributed by atoms with Gasteiger partial charge in [-0.1, -0.05) is 0 Å². The van der Waals surface area contributed by atoms with Gasteiger partial charge in [-0.25, -0.2) is 22.6 Å². The van der Waals surface area contributed by atoms with E-state index >= 15 is 0 Å². The van der Waals surface area contributed by atoms with Crippen molar-refractivity contribution >= 4 is 33.3 Å². The van der Waals surface area contributed by atoms with Crippen LogP contribution in [0.1, 0.15) is 6.92 Å². The van der Waals surface area contributed by atoms with Crippen LogP contribution in [0, 0.1) is 5.82 Å². The Kier molecular flexibility index (Phi) is 4.99. The fourth-order valence-electron chi connectivity index (χ4n) is 2.82. The van der Waals surface area contributed by atoms with Crippen molar-refractivity contribution < 1.29 is 27.1 Å². The number of hydrogen-bond acceptors (Lipinski definition) is 7. The first-order chi connectivity index (χ1) is 12.2. The van der Waals surface area contributed by atoms with Crippen LogP contribution in [0.15, 0.2) is 12.3 Å². The summed E-state index contributed by atoms with van der Waals surface area (Å²) >= 11 is 0. The predicted octanol–water partition coefficient (Wildman–Crippen LogP) is -0.0832. The molecule has 1 aromatic heterocycles. The Morgan fingerprint density at radius 3 is 2.73 bits per heavy atom. The molecule has 3 heterocycles. The average Bonchev–Trinajstić information content (AvgIpc) is 2.94. The summed E-state index contributed by atoms with van der Waals surface area (Å²) in [6.45, 7) is 2.06. The van der Waals surface area contributed by atoms with Crippen molar-refractivity contribution in [3.63, 3.8) is 0 Å². The van der Waals surface area contributed by atoms with Crippen molar-refractivity contribution in [3.05, 3.63) is 18.1 Å². The number of cyclic esters (lactones) is 1. The van der Waals surface area contributed by atoms with Gasteiger partial charge >= 0.3 is 6.09 Å². The van der Waals surface area contributed by atoms with Gasteiger partial charge in [-0.3, -0.25) is 9.69 Å². The maximum atomic E-state index is 14.5. The second-order valence-electron chi connectivity index (χ2n) is 6.19. The molecule has 0 radical (unpaired) electrons. The lowest BCUT2D eigenvalue weighted by atomic mass is 10.3. The zero-order chi connectivity index (χ0) is 18.9. The lowest BCUT2D eigenvalue weighted by Gasteiger charge is -2.28. The molecule has 0 aromatic carbocycles. The fraction of sp³-hybridized carbons (Fsp3) is 0.533.